The van der Waals surface area contributed by atoms with Crippen LogP contribution in [0.1, 0.15) is 5.56 Å². The number of amides is 1. The van der Waals surface area contributed by atoms with Crippen LogP contribution in [0.25, 0.3) is 27.0 Å². The van der Waals surface area contributed by atoms with Crippen molar-refractivity contribution in [2.24, 2.45) is 0 Å². The molecule has 11 heteroatoms. The number of halogens is 3. The lowest BCUT2D eigenvalue weighted by molar-refractivity contribution is -0.137. The maximum Gasteiger partial charge on any atom is 0.416 e. The maximum atomic E-state index is 13.9. The highest BCUT2D eigenvalue weighted by molar-refractivity contribution is 7.99. The van der Waals surface area contributed by atoms with E-state index in [9.17, 15) is 22.8 Å². The topological polar surface area (TPSA) is 73.2 Å². The molecule has 1 N–H and O–H groups in total. The highest BCUT2D eigenvalue weighted by Gasteiger charge is 2.30. The molecule has 198 valence electrons. The number of benzene rings is 3. The summed E-state index contributed by atoms with van der Waals surface area (Å²) in [6, 6.07) is 20.7. The molecule has 39 heavy (non-hydrogen) atoms. The Kier molecular flexibility index (Phi) is 7.45. The van der Waals surface area contributed by atoms with Crippen LogP contribution in [0.15, 0.2) is 94.2 Å². The number of anilines is 1. The number of aromatic nitrogens is 2. The molecule has 5 rings (SSSR count). The first-order valence-electron chi connectivity index (χ1n) is 11.6. The number of carbonyl (C=O) groups excluding carboxylic acids is 1. The summed E-state index contributed by atoms with van der Waals surface area (Å²) in [4.78, 5) is 31.7. The van der Waals surface area contributed by atoms with Crippen molar-refractivity contribution in [3.05, 3.63) is 100 Å². The lowest BCUT2D eigenvalue weighted by Crippen LogP contribution is -2.22. The zero-order valence-electron chi connectivity index (χ0n) is 20.4. The van der Waals surface area contributed by atoms with E-state index < -0.39 is 17.6 Å². The molecule has 0 bridgehead atoms. The van der Waals surface area contributed by atoms with Crippen LogP contribution in [0, 0.1) is 0 Å². The van der Waals surface area contributed by atoms with Crippen LogP contribution >= 0.6 is 23.1 Å². The van der Waals surface area contributed by atoms with E-state index in [0.717, 1.165) is 35.0 Å². The molecular weight excluding hydrogens is 547 g/mol. The van der Waals surface area contributed by atoms with E-state index in [1.54, 1.807) is 31.4 Å². The molecule has 0 aliphatic heterocycles. The Morgan fingerprint density at radius 1 is 1.05 bits per heavy atom. The van der Waals surface area contributed by atoms with Crippen molar-refractivity contribution in [2.45, 2.75) is 11.3 Å². The molecular formula is C28H20F3N3O3S2. The minimum atomic E-state index is -4.52. The van der Waals surface area contributed by atoms with Crippen molar-refractivity contribution >= 4 is 44.9 Å². The second-order valence-corrected chi connectivity index (χ2v) is 10.1. The number of fused-ring (bicyclic) bond motifs is 1. The molecule has 0 spiro atoms. The van der Waals surface area contributed by atoms with E-state index in [1.807, 2.05) is 35.7 Å². The van der Waals surface area contributed by atoms with Crippen LogP contribution in [0.2, 0.25) is 0 Å². The summed E-state index contributed by atoms with van der Waals surface area (Å²) in [5, 5.41) is 5.10. The normalized spacial score (nSPS) is 11.5. The molecule has 1 amide bonds. The lowest BCUT2D eigenvalue weighted by Gasteiger charge is -2.13. The highest BCUT2D eigenvalue weighted by Crippen LogP contribution is 2.34. The zero-order chi connectivity index (χ0) is 27.6. The summed E-state index contributed by atoms with van der Waals surface area (Å²) in [6.07, 6.45) is -4.52. The molecule has 2 heterocycles. The van der Waals surface area contributed by atoms with E-state index in [1.165, 1.54) is 28.0 Å². The second kappa shape index (κ2) is 11.0. The van der Waals surface area contributed by atoms with Gasteiger partial charge in [-0.3, -0.25) is 14.2 Å². The Morgan fingerprint density at radius 2 is 1.79 bits per heavy atom. The van der Waals surface area contributed by atoms with Gasteiger partial charge in [0.1, 0.15) is 10.6 Å². The Bertz CT molecular complexity index is 1700. The average molecular weight is 568 g/mol. The Labute approximate surface area is 229 Å². The van der Waals surface area contributed by atoms with Gasteiger partial charge in [0.15, 0.2) is 5.16 Å². The Hall–Kier alpha value is -4.09. The largest absolute Gasteiger partial charge is 0.497 e. The van der Waals surface area contributed by atoms with Crippen LogP contribution in [0.5, 0.6) is 5.75 Å². The number of nitrogens with zero attached hydrogens (tertiary/aromatic N) is 2. The molecule has 0 unspecified atom stereocenters. The zero-order valence-corrected chi connectivity index (χ0v) is 22.0. The third-order valence-electron chi connectivity index (χ3n) is 5.80. The predicted molar refractivity (Wildman–Crippen MR) is 148 cm³/mol. The number of thioether (sulfide) groups is 1. The summed E-state index contributed by atoms with van der Waals surface area (Å²) in [7, 11) is 1.58. The second-order valence-electron chi connectivity index (χ2n) is 8.34. The van der Waals surface area contributed by atoms with Crippen molar-refractivity contribution in [3.8, 4) is 22.6 Å². The number of nitrogens with one attached hydrogen (secondary N) is 1. The van der Waals surface area contributed by atoms with E-state index in [4.69, 9.17) is 9.72 Å². The number of para-hydroxylation sites is 1. The van der Waals surface area contributed by atoms with Gasteiger partial charge in [-0.1, -0.05) is 48.2 Å². The summed E-state index contributed by atoms with van der Waals surface area (Å²) in [5.74, 6) is -0.00355. The van der Waals surface area contributed by atoms with Gasteiger partial charge in [0.2, 0.25) is 5.91 Å². The first kappa shape index (κ1) is 26.5. The molecule has 0 saturated carbocycles. The van der Waals surface area contributed by atoms with Gasteiger partial charge in [-0.25, -0.2) is 4.98 Å². The molecule has 3 aromatic carbocycles. The van der Waals surface area contributed by atoms with E-state index in [-0.39, 0.29) is 17.0 Å². The van der Waals surface area contributed by atoms with Crippen LogP contribution in [0.3, 0.4) is 0 Å². The van der Waals surface area contributed by atoms with Gasteiger partial charge in [0.05, 0.1) is 29.5 Å². The van der Waals surface area contributed by atoms with Crippen molar-refractivity contribution < 1.29 is 22.7 Å². The Morgan fingerprint density at radius 3 is 2.49 bits per heavy atom. The Balaban J connectivity index is 1.48. The summed E-state index contributed by atoms with van der Waals surface area (Å²) in [6.45, 7) is 0. The van der Waals surface area contributed by atoms with Crippen molar-refractivity contribution in [1.82, 2.24) is 9.55 Å². The minimum Gasteiger partial charge on any atom is -0.497 e. The molecule has 0 aliphatic rings. The van der Waals surface area contributed by atoms with Crippen molar-refractivity contribution in [1.29, 1.82) is 0 Å². The van der Waals surface area contributed by atoms with Gasteiger partial charge in [0, 0.05) is 16.6 Å². The number of rotatable bonds is 7. The predicted octanol–water partition coefficient (Wildman–Crippen LogP) is 6.87. The fraction of sp³-hybridized carbons (Fsp3) is 0.107. The number of thiophene rings is 1. The molecule has 5 aromatic rings. The van der Waals surface area contributed by atoms with Crippen LogP contribution < -0.4 is 15.6 Å². The number of methoxy groups -OCH3 is 1. The SMILES string of the molecule is COc1ccc(-c2csc3nc(SCC(=O)Nc4cccc(C(F)(F)F)c4)n(-c4ccccc4)c(=O)c23)cc1. The summed E-state index contributed by atoms with van der Waals surface area (Å²) >= 11 is 2.34. The number of hydrogen-bond acceptors (Lipinski definition) is 6. The van der Waals surface area contributed by atoms with Crippen LogP contribution in [-0.4, -0.2) is 28.3 Å². The standard InChI is InChI=1S/C28H20F3N3O3S2/c1-37-21-12-10-17(11-13-21)22-15-38-25-24(22)26(36)34(20-8-3-2-4-9-20)27(33-25)39-16-23(35)32-19-7-5-6-18(14-19)28(29,30)31/h2-15H,16H2,1H3,(H,32,35). The van der Waals surface area contributed by atoms with Gasteiger partial charge in [-0.05, 0) is 48.0 Å². The highest BCUT2D eigenvalue weighted by atomic mass is 32.2. The number of ether oxygens (including phenoxy) is 1. The van der Waals surface area contributed by atoms with Crippen LogP contribution in [0.4, 0.5) is 18.9 Å². The smallest absolute Gasteiger partial charge is 0.416 e. The van der Waals surface area contributed by atoms with Gasteiger partial charge in [0.25, 0.3) is 5.56 Å². The van der Waals surface area contributed by atoms with Gasteiger partial charge in [-0.15, -0.1) is 11.3 Å². The average Bonchev–Trinajstić information content (AvgIpc) is 3.36. The third kappa shape index (κ3) is 5.69. The van der Waals surface area contributed by atoms with E-state index >= 15 is 0 Å². The van der Waals surface area contributed by atoms with Gasteiger partial charge >= 0.3 is 6.18 Å². The third-order valence-corrected chi connectivity index (χ3v) is 7.61. The van der Waals surface area contributed by atoms with Crippen molar-refractivity contribution in [2.75, 3.05) is 18.2 Å². The van der Waals surface area contributed by atoms with Crippen molar-refractivity contribution in [3.63, 3.8) is 0 Å². The monoisotopic (exact) mass is 567 g/mol. The minimum absolute atomic E-state index is 0.0293. The molecule has 0 atom stereocenters. The molecule has 0 radical (unpaired) electrons. The first-order valence-corrected chi connectivity index (χ1v) is 13.4. The first-order chi connectivity index (χ1) is 18.7. The summed E-state index contributed by atoms with van der Waals surface area (Å²) < 4.78 is 45.8. The molecule has 6 nitrogen and oxygen atoms in total. The van der Waals surface area contributed by atoms with E-state index in [0.29, 0.717) is 26.8 Å². The molecule has 0 saturated heterocycles. The van der Waals surface area contributed by atoms with Crippen LogP contribution in [-0.2, 0) is 11.0 Å². The summed E-state index contributed by atoms with van der Waals surface area (Å²) in [5.41, 5.74) is 1.02. The molecule has 0 fully saturated rings. The number of hydrogen-bond donors (Lipinski definition) is 1. The number of alkyl halides is 3. The quantitative estimate of drug-likeness (QED) is 0.172. The number of carbonyl (C=O) groups is 1. The molecule has 2 aromatic heterocycles. The van der Waals surface area contributed by atoms with Gasteiger partial charge < -0.3 is 10.1 Å². The maximum absolute atomic E-state index is 13.9. The van der Waals surface area contributed by atoms with E-state index in [2.05, 4.69) is 5.32 Å². The fourth-order valence-corrected chi connectivity index (χ4v) is 5.76. The lowest BCUT2D eigenvalue weighted by atomic mass is 10.1. The van der Waals surface area contributed by atoms with Gasteiger partial charge in [-0.2, -0.15) is 13.2 Å². The molecule has 0 aliphatic carbocycles. The fourth-order valence-electron chi connectivity index (χ4n) is 3.96.